The van der Waals surface area contributed by atoms with E-state index in [4.69, 9.17) is 9.47 Å². The van der Waals surface area contributed by atoms with Crippen molar-refractivity contribution in [1.82, 2.24) is 5.32 Å². The minimum Gasteiger partial charge on any atom is -0.463 e. The third kappa shape index (κ3) is 3.68. The summed E-state index contributed by atoms with van der Waals surface area (Å²) in [7, 11) is 0. The quantitative estimate of drug-likeness (QED) is 0.751. The summed E-state index contributed by atoms with van der Waals surface area (Å²) in [6.45, 7) is 4.05. The predicted molar refractivity (Wildman–Crippen MR) is 110 cm³/mol. The number of cyclic esters (lactones) is 1. The van der Waals surface area contributed by atoms with Crippen LogP contribution in [0.25, 0.3) is 0 Å². The van der Waals surface area contributed by atoms with Crippen molar-refractivity contribution in [1.29, 1.82) is 0 Å². The van der Waals surface area contributed by atoms with Gasteiger partial charge in [0, 0.05) is 15.5 Å². The van der Waals surface area contributed by atoms with Gasteiger partial charge in [0.1, 0.15) is 6.61 Å². The lowest BCUT2D eigenvalue weighted by Gasteiger charge is -2.28. The largest absolute Gasteiger partial charge is 0.463 e. The highest BCUT2D eigenvalue weighted by molar-refractivity contribution is 7.99. The van der Waals surface area contributed by atoms with Gasteiger partial charge in [0.2, 0.25) is 0 Å². The molecule has 0 aliphatic carbocycles. The predicted octanol–water partition coefficient (Wildman–Crippen LogP) is 4.17. The lowest BCUT2D eigenvalue weighted by molar-refractivity contribution is -0.138. The first-order valence-electron chi connectivity index (χ1n) is 9.47. The van der Waals surface area contributed by atoms with Crippen molar-refractivity contribution < 1.29 is 19.1 Å². The van der Waals surface area contributed by atoms with E-state index < -0.39 is 17.9 Å². The number of carbonyl (C=O) groups excluding carboxylic acids is 2. The van der Waals surface area contributed by atoms with Crippen LogP contribution in [0, 0.1) is 0 Å². The highest BCUT2D eigenvalue weighted by Crippen LogP contribution is 2.45. The van der Waals surface area contributed by atoms with Gasteiger partial charge in [0.15, 0.2) is 0 Å². The molecule has 2 aromatic rings. The molecule has 1 atom stereocenters. The molecule has 4 rings (SSSR count). The first kappa shape index (κ1) is 19.3. The zero-order chi connectivity index (χ0) is 20.4. The lowest BCUT2D eigenvalue weighted by Crippen LogP contribution is -2.30. The molecule has 0 spiro atoms. The summed E-state index contributed by atoms with van der Waals surface area (Å²) in [6, 6.07) is 17.9. The summed E-state index contributed by atoms with van der Waals surface area (Å²) in [5.41, 5.74) is 3.22. The van der Waals surface area contributed by atoms with E-state index in [1.165, 1.54) is 0 Å². The van der Waals surface area contributed by atoms with Gasteiger partial charge in [-0.3, -0.25) is 0 Å². The lowest BCUT2D eigenvalue weighted by atomic mass is 9.81. The van der Waals surface area contributed by atoms with Gasteiger partial charge in [-0.15, -0.1) is 0 Å². The van der Waals surface area contributed by atoms with Gasteiger partial charge in [-0.05, 0) is 37.6 Å². The molecule has 2 aromatic carbocycles. The molecule has 0 saturated heterocycles. The number of hydrogen-bond acceptors (Lipinski definition) is 6. The molecular weight excluding hydrogens is 386 g/mol. The van der Waals surface area contributed by atoms with Crippen LogP contribution in [-0.4, -0.2) is 25.2 Å². The Morgan fingerprint density at radius 2 is 1.90 bits per heavy atom. The normalized spacial score (nSPS) is 18.3. The maximum Gasteiger partial charge on any atom is 0.337 e. The number of benzene rings is 2. The second-order valence-electron chi connectivity index (χ2n) is 6.74. The molecule has 2 heterocycles. The molecule has 0 saturated carbocycles. The Balaban J connectivity index is 1.84. The van der Waals surface area contributed by atoms with E-state index in [2.05, 4.69) is 5.32 Å². The number of carbonyl (C=O) groups is 2. The number of hydrogen-bond donors (Lipinski definition) is 1. The topological polar surface area (TPSA) is 64.6 Å². The van der Waals surface area contributed by atoms with E-state index in [-0.39, 0.29) is 13.2 Å². The van der Waals surface area contributed by atoms with E-state index in [1.807, 2.05) is 61.5 Å². The third-order valence-corrected chi connectivity index (χ3v) is 6.01. The van der Waals surface area contributed by atoms with Crippen LogP contribution in [0.5, 0.6) is 0 Å². The zero-order valence-corrected chi connectivity index (χ0v) is 17.0. The number of dihydropyridines is 1. The molecule has 2 aliphatic heterocycles. The van der Waals surface area contributed by atoms with Crippen molar-refractivity contribution in [3.05, 3.63) is 82.7 Å². The van der Waals surface area contributed by atoms with Crippen LogP contribution in [0.1, 0.15) is 25.3 Å². The minimum absolute atomic E-state index is 0.187. The van der Waals surface area contributed by atoms with Crippen LogP contribution < -0.4 is 5.32 Å². The van der Waals surface area contributed by atoms with Crippen molar-refractivity contribution in [2.75, 3.05) is 13.2 Å². The third-order valence-electron chi connectivity index (χ3n) is 4.91. The molecule has 2 aliphatic rings. The smallest absolute Gasteiger partial charge is 0.337 e. The SMILES string of the molecule is CCOC(=O)C1=C(C)NC2=C(C(=O)OC2)C1c1ccccc1Sc1ccccc1. The fraction of sp³-hybridized carbons (Fsp3) is 0.217. The monoisotopic (exact) mass is 407 g/mol. The molecule has 0 amide bonds. The van der Waals surface area contributed by atoms with Crippen molar-refractivity contribution in [3.8, 4) is 0 Å². The highest BCUT2D eigenvalue weighted by atomic mass is 32.2. The van der Waals surface area contributed by atoms with Crippen LogP contribution in [0.3, 0.4) is 0 Å². The number of ether oxygens (including phenoxy) is 2. The zero-order valence-electron chi connectivity index (χ0n) is 16.2. The van der Waals surface area contributed by atoms with Crippen molar-refractivity contribution in [2.45, 2.75) is 29.6 Å². The molecule has 5 nitrogen and oxygen atoms in total. The van der Waals surface area contributed by atoms with Crippen molar-refractivity contribution in [3.63, 3.8) is 0 Å². The second kappa shape index (κ2) is 8.17. The molecule has 1 N–H and O–H groups in total. The van der Waals surface area contributed by atoms with Crippen LogP contribution in [0.2, 0.25) is 0 Å². The van der Waals surface area contributed by atoms with Gasteiger partial charge in [0.05, 0.1) is 29.4 Å². The summed E-state index contributed by atoms with van der Waals surface area (Å²) in [4.78, 5) is 27.5. The van der Waals surface area contributed by atoms with Crippen LogP contribution in [-0.2, 0) is 19.1 Å². The van der Waals surface area contributed by atoms with E-state index in [0.29, 0.717) is 22.5 Å². The average molecular weight is 407 g/mol. The Morgan fingerprint density at radius 3 is 2.66 bits per heavy atom. The maximum absolute atomic E-state index is 12.9. The number of allylic oxidation sites excluding steroid dienone is 1. The Hall–Kier alpha value is -2.99. The van der Waals surface area contributed by atoms with Gasteiger partial charge >= 0.3 is 11.9 Å². The van der Waals surface area contributed by atoms with Crippen LogP contribution in [0.15, 0.2) is 86.9 Å². The van der Waals surface area contributed by atoms with Crippen molar-refractivity contribution in [2.24, 2.45) is 0 Å². The highest BCUT2D eigenvalue weighted by Gasteiger charge is 2.42. The van der Waals surface area contributed by atoms with Crippen LogP contribution >= 0.6 is 11.8 Å². The minimum atomic E-state index is -0.535. The molecule has 1 unspecified atom stereocenters. The molecule has 29 heavy (non-hydrogen) atoms. The summed E-state index contributed by atoms with van der Waals surface area (Å²) >= 11 is 1.60. The summed E-state index contributed by atoms with van der Waals surface area (Å²) in [6.07, 6.45) is 0. The molecule has 148 valence electrons. The molecule has 0 aromatic heterocycles. The standard InChI is InChI=1S/C23H21NO4S/c1-3-27-22(25)19-14(2)24-17-13-28-23(26)21(17)20(19)16-11-7-8-12-18(16)29-15-9-5-4-6-10-15/h4-12,20,24H,3,13H2,1-2H3. The van der Waals surface area contributed by atoms with Gasteiger partial charge in [-0.1, -0.05) is 48.2 Å². The van der Waals surface area contributed by atoms with Gasteiger partial charge < -0.3 is 14.8 Å². The summed E-state index contributed by atoms with van der Waals surface area (Å²) in [5.74, 6) is -1.35. The molecular formula is C23H21NO4S. The Kier molecular flexibility index (Phi) is 5.45. The van der Waals surface area contributed by atoms with Gasteiger partial charge in [-0.2, -0.15) is 0 Å². The Bertz CT molecular complexity index is 1030. The fourth-order valence-electron chi connectivity index (χ4n) is 3.68. The maximum atomic E-state index is 12.9. The fourth-order valence-corrected chi connectivity index (χ4v) is 4.68. The van der Waals surface area contributed by atoms with Gasteiger partial charge in [-0.25, -0.2) is 9.59 Å². The van der Waals surface area contributed by atoms with Crippen LogP contribution in [0.4, 0.5) is 0 Å². The number of rotatable bonds is 5. The first-order valence-corrected chi connectivity index (χ1v) is 10.3. The molecule has 0 radical (unpaired) electrons. The average Bonchev–Trinajstić information content (AvgIpc) is 3.08. The van der Waals surface area contributed by atoms with E-state index in [0.717, 1.165) is 15.4 Å². The number of esters is 2. The van der Waals surface area contributed by atoms with E-state index in [1.54, 1.807) is 18.7 Å². The van der Waals surface area contributed by atoms with Gasteiger partial charge in [0.25, 0.3) is 0 Å². The van der Waals surface area contributed by atoms with Crippen molar-refractivity contribution >= 4 is 23.7 Å². The number of nitrogens with one attached hydrogen (secondary N) is 1. The first-order chi connectivity index (χ1) is 14.1. The summed E-state index contributed by atoms with van der Waals surface area (Å²) in [5, 5.41) is 3.17. The second-order valence-corrected chi connectivity index (χ2v) is 7.85. The Labute approximate surface area is 173 Å². The molecule has 0 bridgehead atoms. The summed E-state index contributed by atoms with van der Waals surface area (Å²) < 4.78 is 10.6. The molecule has 0 fully saturated rings. The van der Waals surface area contributed by atoms with E-state index >= 15 is 0 Å². The molecule has 6 heteroatoms. The van der Waals surface area contributed by atoms with E-state index in [9.17, 15) is 9.59 Å². The Morgan fingerprint density at radius 1 is 1.17 bits per heavy atom.